The number of aryl methyl sites for hydroxylation is 1. The maximum atomic E-state index is 14.7. The number of carbonyl (C=O) groups is 1. The molecule has 2 N–H and O–H groups in total. The van der Waals surface area contributed by atoms with Crippen LogP contribution in [0.5, 0.6) is 0 Å². The number of aromatic nitrogens is 2. The van der Waals surface area contributed by atoms with E-state index in [0.717, 1.165) is 34.9 Å². The van der Waals surface area contributed by atoms with E-state index in [9.17, 15) is 40.0 Å². The number of fused-ring (bicyclic) bond motifs is 1. The number of aromatic amines is 1. The van der Waals surface area contributed by atoms with Gasteiger partial charge in [0, 0.05) is 28.3 Å². The summed E-state index contributed by atoms with van der Waals surface area (Å²) in [6, 6.07) is 7.03. The molecule has 2 aromatic heterocycles. The first kappa shape index (κ1) is 28.0. The fourth-order valence-electron chi connectivity index (χ4n) is 4.23. The molecule has 0 spiro atoms. The second-order valence-corrected chi connectivity index (χ2v) is 11.4. The van der Waals surface area contributed by atoms with Crippen molar-refractivity contribution < 1.29 is 35.2 Å². The van der Waals surface area contributed by atoms with Gasteiger partial charge in [-0.15, -0.1) is 0 Å². The molecular weight excluding hydrogens is 545 g/mol. The molecule has 0 radical (unpaired) electrons. The van der Waals surface area contributed by atoms with Crippen LogP contribution in [0.15, 0.2) is 53.5 Å². The van der Waals surface area contributed by atoms with E-state index < -0.39 is 62.4 Å². The predicted octanol–water partition coefficient (Wildman–Crippen LogP) is 5.12. The van der Waals surface area contributed by atoms with Crippen LogP contribution in [-0.2, 0) is 22.7 Å². The number of amides is 1. The zero-order valence-corrected chi connectivity index (χ0v) is 21.6. The van der Waals surface area contributed by atoms with Crippen molar-refractivity contribution in [3.8, 4) is 11.1 Å². The van der Waals surface area contributed by atoms with E-state index in [2.05, 4.69) is 4.98 Å². The van der Waals surface area contributed by atoms with Crippen molar-refractivity contribution in [1.82, 2.24) is 14.3 Å². The molecule has 4 aromatic rings. The lowest BCUT2D eigenvalue weighted by Crippen LogP contribution is -2.37. The van der Waals surface area contributed by atoms with Gasteiger partial charge in [0.25, 0.3) is 11.5 Å². The highest BCUT2D eigenvalue weighted by Crippen LogP contribution is 2.40. The number of nitrogens with zero attached hydrogens (tertiary/aromatic N) is 1. The van der Waals surface area contributed by atoms with Gasteiger partial charge in [-0.05, 0) is 68.8 Å². The summed E-state index contributed by atoms with van der Waals surface area (Å²) in [6.45, 7) is 3.13. The van der Waals surface area contributed by atoms with Crippen molar-refractivity contribution in [2.75, 3.05) is 0 Å². The Hall–Kier alpha value is -4.00. The van der Waals surface area contributed by atoms with Gasteiger partial charge < -0.3 is 9.55 Å². The van der Waals surface area contributed by atoms with E-state index in [0.29, 0.717) is 0 Å². The van der Waals surface area contributed by atoms with Crippen molar-refractivity contribution in [2.45, 2.75) is 38.7 Å². The number of H-pyrrole nitrogens is 1. The zero-order valence-electron chi connectivity index (χ0n) is 20.8. The molecule has 206 valence electrons. The van der Waals surface area contributed by atoms with Crippen LogP contribution >= 0.6 is 0 Å². The molecule has 0 aliphatic heterocycles. The van der Waals surface area contributed by atoms with Crippen molar-refractivity contribution in [2.24, 2.45) is 0 Å². The topological polar surface area (TPSA) is 101 Å². The number of pyridine rings is 1. The van der Waals surface area contributed by atoms with Crippen LogP contribution in [0.3, 0.4) is 0 Å². The molecule has 0 unspecified atom stereocenters. The summed E-state index contributed by atoms with van der Waals surface area (Å²) in [6.07, 6.45) is -3.52. The van der Waals surface area contributed by atoms with Crippen LogP contribution in [0.2, 0.25) is 0 Å². The Labute approximate surface area is 219 Å². The van der Waals surface area contributed by atoms with E-state index in [1.54, 1.807) is 0 Å². The Balaban J connectivity index is 2.17. The number of sulfonamides is 1. The van der Waals surface area contributed by atoms with Crippen LogP contribution in [0.1, 0.15) is 41.0 Å². The van der Waals surface area contributed by atoms with E-state index in [1.165, 1.54) is 39.1 Å². The third kappa shape index (κ3) is 5.31. The van der Waals surface area contributed by atoms with Gasteiger partial charge in [0.2, 0.25) is 10.0 Å². The Morgan fingerprint density at radius 2 is 1.79 bits per heavy atom. The fourth-order valence-corrected chi connectivity index (χ4v) is 4.82. The molecular formula is C26H22F5N3O4S. The van der Waals surface area contributed by atoms with Gasteiger partial charge in [-0.1, -0.05) is 0 Å². The third-order valence-electron chi connectivity index (χ3n) is 6.21. The number of nitrogens with one attached hydrogen (secondary N) is 2. The molecule has 0 saturated heterocycles. The summed E-state index contributed by atoms with van der Waals surface area (Å²) >= 11 is 0. The lowest BCUT2D eigenvalue weighted by molar-refractivity contribution is -0.137. The molecule has 0 fully saturated rings. The van der Waals surface area contributed by atoms with Gasteiger partial charge in [-0.25, -0.2) is 21.9 Å². The summed E-state index contributed by atoms with van der Waals surface area (Å²) in [7, 11) is -4.25. The second kappa shape index (κ2) is 9.95. The third-order valence-corrected chi connectivity index (χ3v) is 7.92. The Kier molecular flexibility index (Phi) is 7.15. The minimum absolute atomic E-state index is 0.00102. The van der Waals surface area contributed by atoms with Gasteiger partial charge in [-0.2, -0.15) is 13.2 Å². The van der Waals surface area contributed by atoms with Gasteiger partial charge in [-0.3, -0.25) is 9.59 Å². The summed E-state index contributed by atoms with van der Waals surface area (Å²) in [5.41, 5.74) is -3.43. The molecule has 0 bridgehead atoms. The first-order chi connectivity index (χ1) is 18.1. The van der Waals surface area contributed by atoms with Crippen molar-refractivity contribution in [1.29, 1.82) is 0 Å². The minimum atomic E-state index is -4.81. The minimum Gasteiger partial charge on any atom is -0.331 e. The van der Waals surface area contributed by atoms with E-state index in [1.807, 2.05) is 4.72 Å². The molecule has 0 aliphatic carbocycles. The highest BCUT2D eigenvalue weighted by atomic mass is 32.2. The Bertz CT molecular complexity index is 1770. The molecule has 2 heterocycles. The maximum Gasteiger partial charge on any atom is 0.416 e. The Morgan fingerprint density at radius 3 is 2.41 bits per heavy atom. The number of hydrogen-bond donors (Lipinski definition) is 2. The largest absolute Gasteiger partial charge is 0.416 e. The molecule has 0 aliphatic rings. The Morgan fingerprint density at radius 1 is 1.10 bits per heavy atom. The molecule has 2 aromatic carbocycles. The van der Waals surface area contributed by atoms with Gasteiger partial charge in [0.05, 0.1) is 22.9 Å². The van der Waals surface area contributed by atoms with Crippen molar-refractivity contribution in [3.63, 3.8) is 0 Å². The predicted molar refractivity (Wildman–Crippen MR) is 135 cm³/mol. The number of carbonyl (C=O) groups excluding carboxylic acids is 1. The first-order valence-corrected chi connectivity index (χ1v) is 13.1. The van der Waals surface area contributed by atoms with E-state index in [4.69, 9.17) is 0 Å². The van der Waals surface area contributed by atoms with Gasteiger partial charge in [0.1, 0.15) is 17.3 Å². The standard InChI is InChI=1S/C26H22F5N3O4S/c1-13(2)39(37,38)33-25(36)23-22(17-5-4-8-32-24(17)35)18-9-14(3)19(26(29,30)31)11-21(18)34(23)12-15-10-16(27)6-7-20(15)28/h4-11,13H,12H2,1-3H3,(H,32,35)(H,33,36). The van der Waals surface area contributed by atoms with Crippen LogP contribution < -0.4 is 10.3 Å². The smallest absolute Gasteiger partial charge is 0.331 e. The fraction of sp³-hybridized carbons (Fsp3) is 0.231. The van der Waals surface area contributed by atoms with Crippen LogP contribution in [0.25, 0.3) is 22.0 Å². The number of rotatable bonds is 6. The lowest BCUT2D eigenvalue weighted by atomic mass is 9.99. The zero-order chi connectivity index (χ0) is 28.9. The first-order valence-electron chi connectivity index (χ1n) is 11.5. The highest BCUT2D eigenvalue weighted by Gasteiger charge is 2.35. The lowest BCUT2D eigenvalue weighted by Gasteiger charge is -2.15. The van der Waals surface area contributed by atoms with E-state index in [-0.39, 0.29) is 33.2 Å². The molecule has 0 atom stereocenters. The normalized spacial score (nSPS) is 12.3. The monoisotopic (exact) mass is 567 g/mol. The summed E-state index contributed by atoms with van der Waals surface area (Å²) in [4.78, 5) is 28.8. The van der Waals surface area contributed by atoms with Crippen LogP contribution in [0.4, 0.5) is 22.0 Å². The summed E-state index contributed by atoms with van der Waals surface area (Å²) in [5, 5.41) is -1.07. The van der Waals surface area contributed by atoms with Crippen LogP contribution in [-0.4, -0.2) is 29.1 Å². The van der Waals surface area contributed by atoms with Crippen molar-refractivity contribution in [3.05, 3.63) is 93.0 Å². The molecule has 39 heavy (non-hydrogen) atoms. The second-order valence-electron chi connectivity index (χ2n) is 9.17. The summed E-state index contributed by atoms with van der Waals surface area (Å²) < 4.78 is 98.3. The number of hydrogen-bond acceptors (Lipinski definition) is 4. The maximum absolute atomic E-state index is 14.7. The average molecular weight is 568 g/mol. The molecule has 1 amide bonds. The van der Waals surface area contributed by atoms with Crippen molar-refractivity contribution >= 4 is 26.8 Å². The van der Waals surface area contributed by atoms with E-state index >= 15 is 0 Å². The highest BCUT2D eigenvalue weighted by molar-refractivity contribution is 7.90. The number of halogens is 5. The van der Waals surface area contributed by atoms with Gasteiger partial charge in [0.15, 0.2) is 0 Å². The molecule has 4 rings (SSSR count). The number of benzene rings is 2. The van der Waals surface area contributed by atoms with Gasteiger partial charge >= 0.3 is 6.18 Å². The molecule has 0 saturated carbocycles. The van der Waals surface area contributed by atoms with Crippen LogP contribution in [0, 0.1) is 18.6 Å². The SMILES string of the molecule is Cc1cc2c(-c3ccc[nH]c3=O)c(C(=O)NS(=O)(=O)C(C)C)n(Cc3cc(F)ccc3F)c2cc1C(F)(F)F. The number of alkyl halides is 3. The molecule has 7 nitrogen and oxygen atoms in total. The average Bonchev–Trinajstić information content (AvgIpc) is 3.13. The molecule has 13 heteroatoms. The quantitative estimate of drug-likeness (QED) is 0.316. The summed E-state index contributed by atoms with van der Waals surface area (Å²) in [5.74, 6) is -3.02.